The van der Waals surface area contributed by atoms with Crippen molar-refractivity contribution in [2.45, 2.75) is 19.3 Å². The lowest BCUT2D eigenvalue weighted by Gasteiger charge is -2.18. The molecule has 152 valence electrons. The fraction of sp³-hybridized carbons (Fsp3) is 0.192. The van der Waals surface area contributed by atoms with E-state index in [4.69, 9.17) is 10.00 Å². The van der Waals surface area contributed by atoms with Crippen molar-refractivity contribution in [1.29, 1.82) is 5.26 Å². The second-order valence-corrected chi connectivity index (χ2v) is 6.87. The van der Waals surface area contributed by atoms with Gasteiger partial charge in [0.1, 0.15) is 18.1 Å². The van der Waals surface area contributed by atoms with Crippen molar-refractivity contribution in [2.24, 2.45) is 0 Å². The van der Waals surface area contributed by atoms with E-state index in [2.05, 4.69) is 18.2 Å². The lowest BCUT2D eigenvalue weighted by molar-refractivity contribution is 0.290. The van der Waals surface area contributed by atoms with Crippen LogP contribution in [-0.2, 0) is 0 Å². The maximum absolute atomic E-state index is 9.76. The van der Waals surface area contributed by atoms with Crippen LogP contribution >= 0.6 is 0 Å². The van der Waals surface area contributed by atoms with Crippen LogP contribution in [0.2, 0.25) is 0 Å². The Morgan fingerprint density at radius 1 is 0.833 bits per heavy atom. The number of phenols is 1. The minimum Gasteiger partial charge on any atom is -0.508 e. The van der Waals surface area contributed by atoms with E-state index < -0.39 is 0 Å². The predicted molar refractivity (Wildman–Crippen MR) is 119 cm³/mol. The van der Waals surface area contributed by atoms with Crippen molar-refractivity contribution in [3.63, 3.8) is 0 Å². The minimum absolute atomic E-state index is 0.116. The Kier molecular flexibility index (Phi) is 7.65. The zero-order valence-corrected chi connectivity index (χ0v) is 16.8. The third-order valence-corrected chi connectivity index (χ3v) is 4.79. The van der Waals surface area contributed by atoms with Gasteiger partial charge in [-0.25, -0.2) is 0 Å². The normalized spacial score (nSPS) is 11.5. The van der Waals surface area contributed by atoms with E-state index in [1.165, 1.54) is 0 Å². The minimum atomic E-state index is 0.116. The standard InChI is InChI=1S/C26H25NO3/c27-17-5-19-30-24-15-11-22(12-16-24)26(21-9-13-23(29)14-10-21)25(8-4-18-28)20-6-2-1-3-7-20/h1-3,6-7,9-16,28-29H,4-5,8,18-19H2/b26-25-. The quantitative estimate of drug-likeness (QED) is 0.372. The topological polar surface area (TPSA) is 73.5 Å². The van der Waals surface area contributed by atoms with Gasteiger partial charge in [0.25, 0.3) is 0 Å². The predicted octanol–water partition coefficient (Wildman–Crippen LogP) is 5.42. The molecule has 0 fully saturated rings. The van der Waals surface area contributed by atoms with Gasteiger partial charge in [-0.1, -0.05) is 54.6 Å². The molecule has 2 N–H and O–H groups in total. The number of rotatable bonds is 9. The molecule has 0 aromatic heterocycles. The van der Waals surface area contributed by atoms with Gasteiger partial charge in [0.2, 0.25) is 0 Å². The first-order chi connectivity index (χ1) is 14.7. The van der Waals surface area contributed by atoms with E-state index in [0.717, 1.165) is 40.0 Å². The Labute approximate surface area is 177 Å². The maximum Gasteiger partial charge on any atom is 0.119 e. The molecule has 4 nitrogen and oxygen atoms in total. The second kappa shape index (κ2) is 10.8. The molecule has 4 heteroatoms. The number of benzene rings is 3. The Morgan fingerprint density at radius 3 is 2.07 bits per heavy atom. The first kappa shape index (κ1) is 21.2. The van der Waals surface area contributed by atoms with Crippen LogP contribution in [0, 0.1) is 11.3 Å². The molecule has 0 unspecified atom stereocenters. The largest absolute Gasteiger partial charge is 0.508 e. The van der Waals surface area contributed by atoms with Crippen molar-refractivity contribution in [3.05, 3.63) is 95.6 Å². The van der Waals surface area contributed by atoms with Crippen LogP contribution in [0.1, 0.15) is 36.0 Å². The summed E-state index contributed by atoms with van der Waals surface area (Å²) in [5.74, 6) is 0.937. The van der Waals surface area contributed by atoms with Gasteiger partial charge in [-0.15, -0.1) is 0 Å². The summed E-state index contributed by atoms with van der Waals surface area (Å²) in [5, 5.41) is 27.9. The van der Waals surface area contributed by atoms with Crippen LogP contribution < -0.4 is 4.74 Å². The molecule has 0 aliphatic rings. The average Bonchev–Trinajstić information content (AvgIpc) is 2.79. The third kappa shape index (κ3) is 5.50. The lowest BCUT2D eigenvalue weighted by Crippen LogP contribution is -1.98. The van der Waals surface area contributed by atoms with E-state index in [-0.39, 0.29) is 12.4 Å². The summed E-state index contributed by atoms with van der Waals surface area (Å²) in [4.78, 5) is 0. The van der Waals surface area contributed by atoms with Gasteiger partial charge in [-0.3, -0.25) is 0 Å². The number of nitrogens with zero attached hydrogens (tertiary/aromatic N) is 1. The summed E-state index contributed by atoms with van der Waals surface area (Å²) in [6, 6.07) is 27.2. The van der Waals surface area contributed by atoms with E-state index in [1.54, 1.807) is 12.1 Å². The molecular weight excluding hydrogens is 374 g/mol. The molecular formula is C26H25NO3. The summed E-state index contributed by atoms with van der Waals surface area (Å²) in [6.45, 7) is 0.479. The molecule has 0 radical (unpaired) electrons. The van der Waals surface area contributed by atoms with Gasteiger partial charge in [0.15, 0.2) is 0 Å². The molecule has 3 rings (SSSR count). The highest BCUT2D eigenvalue weighted by atomic mass is 16.5. The number of aliphatic hydroxyl groups excluding tert-OH is 1. The maximum atomic E-state index is 9.76. The van der Waals surface area contributed by atoms with Crippen LogP contribution in [0.15, 0.2) is 78.9 Å². The summed E-state index contributed by atoms with van der Waals surface area (Å²) in [5.41, 5.74) is 5.29. The highest BCUT2D eigenvalue weighted by Crippen LogP contribution is 2.36. The molecule has 0 aliphatic heterocycles. The van der Waals surface area contributed by atoms with Crippen LogP contribution in [0.5, 0.6) is 11.5 Å². The first-order valence-corrected chi connectivity index (χ1v) is 10.0. The van der Waals surface area contributed by atoms with E-state index >= 15 is 0 Å². The fourth-order valence-corrected chi connectivity index (χ4v) is 3.38. The highest BCUT2D eigenvalue weighted by molar-refractivity contribution is 5.98. The Bertz CT molecular complexity index is 1000. The van der Waals surface area contributed by atoms with Gasteiger partial charge < -0.3 is 14.9 Å². The molecule has 0 amide bonds. The zero-order chi connectivity index (χ0) is 21.2. The monoisotopic (exact) mass is 399 g/mol. The highest BCUT2D eigenvalue weighted by Gasteiger charge is 2.14. The van der Waals surface area contributed by atoms with Gasteiger partial charge in [-0.2, -0.15) is 5.26 Å². The van der Waals surface area contributed by atoms with Crippen LogP contribution in [0.3, 0.4) is 0 Å². The number of ether oxygens (including phenoxy) is 1. The van der Waals surface area contributed by atoms with Crippen LogP contribution in [0.4, 0.5) is 0 Å². The number of hydrogen-bond acceptors (Lipinski definition) is 4. The Hall–Kier alpha value is -3.55. The smallest absolute Gasteiger partial charge is 0.119 e. The van der Waals surface area contributed by atoms with Crippen LogP contribution in [0.25, 0.3) is 11.1 Å². The summed E-state index contributed by atoms with van der Waals surface area (Å²) in [6.07, 6.45) is 1.72. The molecule has 0 aliphatic carbocycles. The van der Waals surface area contributed by atoms with E-state index in [1.807, 2.05) is 54.6 Å². The van der Waals surface area contributed by atoms with Gasteiger partial charge in [0, 0.05) is 6.61 Å². The van der Waals surface area contributed by atoms with Gasteiger partial charge >= 0.3 is 0 Å². The number of allylic oxidation sites excluding steroid dienone is 1. The molecule has 3 aromatic carbocycles. The van der Waals surface area contributed by atoms with Crippen molar-refractivity contribution in [3.8, 4) is 17.6 Å². The SMILES string of the molecule is N#CCCOc1ccc(/C(=C(/CCCO)c2ccccc2)c2ccc(O)cc2)cc1. The summed E-state index contributed by atoms with van der Waals surface area (Å²) >= 11 is 0. The Morgan fingerprint density at radius 2 is 1.47 bits per heavy atom. The Balaban J connectivity index is 2.10. The molecule has 30 heavy (non-hydrogen) atoms. The molecule has 0 atom stereocenters. The first-order valence-electron chi connectivity index (χ1n) is 10.0. The van der Waals surface area contributed by atoms with E-state index in [0.29, 0.717) is 19.4 Å². The number of aromatic hydroxyl groups is 1. The molecule has 0 saturated heterocycles. The van der Waals surface area contributed by atoms with E-state index in [9.17, 15) is 10.2 Å². The van der Waals surface area contributed by atoms with Crippen molar-refractivity contribution >= 4 is 11.1 Å². The van der Waals surface area contributed by atoms with Crippen molar-refractivity contribution in [1.82, 2.24) is 0 Å². The number of hydrogen-bond donors (Lipinski definition) is 2. The summed E-state index contributed by atoms with van der Waals surface area (Å²) < 4.78 is 5.61. The lowest BCUT2D eigenvalue weighted by atomic mass is 9.87. The summed E-state index contributed by atoms with van der Waals surface area (Å²) in [7, 11) is 0. The number of phenolic OH excluding ortho intramolecular Hbond substituents is 1. The van der Waals surface area contributed by atoms with Crippen LogP contribution in [-0.4, -0.2) is 23.4 Å². The fourth-order valence-electron chi connectivity index (χ4n) is 3.38. The number of aliphatic hydroxyl groups is 1. The van der Waals surface area contributed by atoms with Gasteiger partial charge in [-0.05, 0) is 64.9 Å². The molecule has 0 spiro atoms. The molecule has 0 heterocycles. The van der Waals surface area contributed by atoms with Gasteiger partial charge in [0.05, 0.1) is 12.5 Å². The number of nitriles is 1. The average molecular weight is 399 g/mol. The second-order valence-electron chi connectivity index (χ2n) is 6.87. The molecule has 3 aromatic rings. The molecule has 0 saturated carbocycles. The van der Waals surface area contributed by atoms with Crippen molar-refractivity contribution < 1.29 is 14.9 Å². The zero-order valence-electron chi connectivity index (χ0n) is 16.8. The molecule has 0 bridgehead atoms. The van der Waals surface area contributed by atoms with Crippen molar-refractivity contribution in [2.75, 3.05) is 13.2 Å². The third-order valence-electron chi connectivity index (χ3n) is 4.79.